The first-order valence-corrected chi connectivity index (χ1v) is 8.09. The molecule has 120 valence electrons. The molecule has 6 nitrogen and oxygen atoms in total. The van der Waals surface area contributed by atoms with Gasteiger partial charge in [0, 0.05) is 39.3 Å². The lowest BCUT2D eigenvalue weighted by atomic mass is 9.93. The second kappa shape index (κ2) is 7.75. The number of nitrogens with one attached hydrogen (secondary N) is 1. The van der Waals surface area contributed by atoms with Gasteiger partial charge in [-0.15, -0.1) is 0 Å². The van der Waals surface area contributed by atoms with Gasteiger partial charge in [-0.3, -0.25) is 14.5 Å². The van der Waals surface area contributed by atoms with Crippen molar-refractivity contribution in [2.75, 3.05) is 39.8 Å². The van der Waals surface area contributed by atoms with Gasteiger partial charge in [-0.1, -0.05) is 19.3 Å². The van der Waals surface area contributed by atoms with Gasteiger partial charge in [0.1, 0.15) is 0 Å². The summed E-state index contributed by atoms with van der Waals surface area (Å²) in [7, 11) is 1.65. The van der Waals surface area contributed by atoms with Crippen molar-refractivity contribution in [1.82, 2.24) is 15.1 Å². The molecular weight excluding hydrogens is 268 g/mol. The quantitative estimate of drug-likeness (QED) is 0.706. The van der Waals surface area contributed by atoms with Gasteiger partial charge in [0.25, 0.3) is 0 Å². The van der Waals surface area contributed by atoms with Crippen LogP contribution >= 0.6 is 0 Å². The summed E-state index contributed by atoms with van der Waals surface area (Å²) >= 11 is 0. The van der Waals surface area contributed by atoms with Gasteiger partial charge in [-0.25, -0.2) is 0 Å². The summed E-state index contributed by atoms with van der Waals surface area (Å²) in [6.45, 7) is 3.36. The summed E-state index contributed by atoms with van der Waals surface area (Å²) in [6, 6.07) is 0.0175. The highest BCUT2D eigenvalue weighted by atomic mass is 16.2. The zero-order chi connectivity index (χ0) is 15.2. The Hall–Kier alpha value is -1.14. The van der Waals surface area contributed by atoms with Gasteiger partial charge in [-0.05, 0) is 12.8 Å². The summed E-state index contributed by atoms with van der Waals surface area (Å²) in [5, 5.41) is 2.63. The Kier molecular flexibility index (Phi) is 5.99. The Bertz CT molecular complexity index is 367. The maximum absolute atomic E-state index is 12.6. The first-order valence-electron chi connectivity index (χ1n) is 8.09. The number of nitrogens with two attached hydrogens (primary N) is 1. The average Bonchev–Trinajstić information content (AvgIpc) is 2.71. The summed E-state index contributed by atoms with van der Waals surface area (Å²) in [5.41, 5.74) is 6.19. The van der Waals surface area contributed by atoms with Gasteiger partial charge in [0.15, 0.2) is 0 Å². The van der Waals surface area contributed by atoms with E-state index in [0.29, 0.717) is 19.6 Å². The van der Waals surface area contributed by atoms with Crippen LogP contribution in [0.4, 0.5) is 0 Å². The van der Waals surface area contributed by atoms with Crippen molar-refractivity contribution in [1.29, 1.82) is 0 Å². The molecular formula is C15H28N4O2. The van der Waals surface area contributed by atoms with Crippen LogP contribution in [0.25, 0.3) is 0 Å². The fourth-order valence-electron chi connectivity index (χ4n) is 3.29. The van der Waals surface area contributed by atoms with Crippen LogP contribution in [0, 0.1) is 5.92 Å². The number of piperazine rings is 1. The van der Waals surface area contributed by atoms with Gasteiger partial charge in [0.05, 0.1) is 12.5 Å². The molecule has 2 atom stereocenters. The highest BCUT2D eigenvalue weighted by Crippen LogP contribution is 2.24. The molecule has 0 aromatic carbocycles. The van der Waals surface area contributed by atoms with Crippen molar-refractivity contribution >= 4 is 11.8 Å². The van der Waals surface area contributed by atoms with Crippen molar-refractivity contribution in [2.24, 2.45) is 11.7 Å². The third-order valence-corrected chi connectivity index (χ3v) is 4.72. The summed E-state index contributed by atoms with van der Waals surface area (Å²) in [4.78, 5) is 28.1. The molecule has 0 spiro atoms. The molecule has 1 saturated heterocycles. The highest BCUT2D eigenvalue weighted by Gasteiger charge is 2.32. The van der Waals surface area contributed by atoms with E-state index in [4.69, 9.17) is 5.73 Å². The lowest BCUT2D eigenvalue weighted by Gasteiger charge is -2.36. The molecule has 6 heteroatoms. The van der Waals surface area contributed by atoms with Crippen molar-refractivity contribution in [3.05, 3.63) is 0 Å². The molecule has 1 aliphatic heterocycles. The second-order valence-electron chi connectivity index (χ2n) is 6.18. The molecule has 2 amide bonds. The molecule has 2 unspecified atom stereocenters. The van der Waals surface area contributed by atoms with Crippen molar-refractivity contribution in [3.63, 3.8) is 0 Å². The Morgan fingerprint density at radius 2 is 1.76 bits per heavy atom. The van der Waals surface area contributed by atoms with Crippen LogP contribution < -0.4 is 11.1 Å². The number of hydrogen-bond donors (Lipinski definition) is 2. The number of amides is 2. The van der Waals surface area contributed by atoms with Crippen LogP contribution in [0.5, 0.6) is 0 Å². The van der Waals surface area contributed by atoms with E-state index in [1.54, 1.807) is 7.05 Å². The van der Waals surface area contributed by atoms with E-state index in [2.05, 4.69) is 10.2 Å². The highest BCUT2D eigenvalue weighted by molar-refractivity contribution is 5.80. The normalized spacial score (nSPS) is 28.0. The van der Waals surface area contributed by atoms with Crippen molar-refractivity contribution in [3.8, 4) is 0 Å². The van der Waals surface area contributed by atoms with Crippen LogP contribution in [0.15, 0.2) is 0 Å². The Morgan fingerprint density at radius 3 is 2.43 bits per heavy atom. The fourth-order valence-corrected chi connectivity index (χ4v) is 3.29. The number of carbonyl (C=O) groups excluding carboxylic acids is 2. The van der Waals surface area contributed by atoms with Crippen LogP contribution in [-0.2, 0) is 9.59 Å². The second-order valence-corrected chi connectivity index (χ2v) is 6.18. The summed E-state index contributed by atoms with van der Waals surface area (Å²) < 4.78 is 0. The zero-order valence-electron chi connectivity index (χ0n) is 13.0. The minimum Gasteiger partial charge on any atom is -0.358 e. The van der Waals surface area contributed by atoms with E-state index in [1.807, 2.05) is 4.90 Å². The third-order valence-electron chi connectivity index (χ3n) is 4.72. The first kappa shape index (κ1) is 16.2. The van der Waals surface area contributed by atoms with E-state index in [-0.39, 0.29) is 23.8 Å². The number of nitrogens with zero attached hydrogens (tertiary/aromatic N) is 2. The maximum atomic E-state index is 12.6. The molecule has 0 aromatic rings. The number of carbonyl (C=O) groups is 2. The third kappa shape index (κ3) is 4.41. The topological polar surface area (TPSA) is 78.7 Å². The molecule has 3 N–H and O–H groups in total. The van der Waals surface area contributed by atoms with Crippen molar-refractivity contribution < 1.29 is 9.59 Å². The monoisotopic (exact) mass is 296 g/mol. The van der Waals surface area contributed by atoms with Crippen molar-refractivity contribution in [2.45, 2.75) is 38.1 Å². The summed E-state index contributed by atoms with van der Waals surface area (Å²) in [6.07, 6.45) is 5.34. The number of hydrogen-bond acceptors (Lipinski definition) is 4. The minimum atomic E-state index is -0.00186. The van der Waals surface area contributed by atoms with Crippen LogP contribution in [0.2, 0.25) is 0 Å². The van der Waals surface area contributed by atoms with Gasteiger partial charge < -0.3 is 16.0 Å². The molecule has 0 bridgehead atoms. The largest absolute Gasteiger partial charge is 0.358 e. The molecule has 2 aliphatic rings. The molecule has 0 radical (unpaired) electrons. The molecule has 1 aliphatic carbocycles. The standard InChI is InChI=1S/C15H28N4O2/c1-17-14(20)11-18-7-9-19(10-8-18)15(21)12-5-3-2-4-6-13(12)16/h12-13H,2-11,16H2,1H3,(H,17,20). The predicted octanol–water partition coefficient (Wildman–Crippen LogP) is -0.216. The molecule has 0 aromatic heterocycles. The van der Waals surface area contributed by atoms with E-state index in [0.717, 1.165) is 38.8 Å². The van der Waals surface area contributed by atoms with E-state index < -0.39 is 0 Å². The molecule has 21 heavy (non-hydrogen) atoms. The van der Waals surface area contributed by atoms with Crippen LogP contribution in [0.3, 0.4) is 0 Å². The lowest BCUT2D eigenvalue weighted by molar-refractivity contribution is -0.138. The minimum absolute atomic E-state index is 0.00186. The maximum Gasteiger partial charge on any atom is 0.233 e. The zero-order valence-corrected chi connectivity index (χ0v) is 13.0. The SMILES string of the molecule is CNC(=O)CN1CCN(C(=O)C2CCCCCC2N)CC1. The van der Waals surface area contributed by atoms with Crippen LogP contribution in [0.1, 0.15) is 32.1 Å². The first-order chi connectivity index (χ1) is 10.1. The Balaban J connectivity index is 1.83. The molecule has 2 rings (SSSR count). The number of rotatable bonds is 3. The van der Waals surface area contributed by atoms with Crippen LogP contribution in [-0.4, -0.2) is 67.4 Å². The molecule has 2 fully saturated rings. The van der Waals surface area contributed by atoms with Gasteiger partial charge >= 0.3 is 0 Å². The van der Waals surface area contributed by atoms with Gasteiger partial charge in [0.2, 0.25) is 11.8 Å². The Labute approximate surface area is 127 Å². The van der Waals surface area contributed by atoms with E-state index >= 15 is 0 Å². The predicted molar refractivity (Wildman–Crippen MR) is 81.6 cm³/mol. The lowest BCUT2D eigenvalue weighted by Crippen LogP contribution is -2.53. The fraction of sp³-hybridized carbons (Fsp3) is 0.867. The smallest absolute Gasteiger partial charge is 0.233 e. The number of likely N-dealkylation sites (N-methyl/N-ethyl adjacent to an activating group) is 1. The van der Waals surface area contributed by atoms with E-state index in [1.165, 1.54) is 6.42 Å². The molecule has 1 saturated carbocycles. The van der Waals surface area contributed by atoms with E-state index in [9.17, 15) is 9.59 Å². The van der Waals surface area contributed by atoms with Gasteiger partial charge in [-0.2, -0.15) is 0 Å². The summed E-state index contributed by atoms with van der Waals surface area (Å²) in [5.74, 6) is 0.252. The average molecular weight is 296 g/mol. The Morgan fingerprint density at radius 1 is 1.10 bits per heavy atom. The molecule has 1 heterocycles.